The Morgan fingerprint density at radius 3 is 2.33 bits per heavy atom. The van der Waals surface area contributed by atoms with Gasteiger partial charge in [0.2, 0.25) is 0 Å². The van der Waals surface area contributed by atoms with Gasteiger partial charge in [-0.05, 0) is 29.2 Å². The van der Waals surface area contributed by atoms with Gasteiger partial charge in [-0.2, -0.15) is 0 Å². The zero-order valence-electron chi connectivity index (χ0n) is 14.9. The molecule has 0 radical (unpaired) electrons. The van der Waals surface area contributed by atoms with E-state index in [1.807, 2.05) is 63.2 Å². The molecule has 130 valence electrons. The van der Waals surface area contributed by atoms with Crippen LogP contribution in [0.15, 0.2) is 42.5 Å². The van der Waals surface area contributed by atoms with Gasteiger partial charge in [0.1, 0.15) is 0 Å². The lowest BCUT2D eigenvalue weighted by Crippen LogP contribution is -2.04. The molecule has 0 heterocycles. The van der Waals surface area contributed by atoms with E-state index < -0.39 is 5.97 Å². The normalized spacial score (nSPS) is 11.5. The van der Waals surface area contributed by atoms with Crippen LogP contribution in [0, 0.1) is 5.92 Å². The highest BCUT2D eigenvalue weighted by molar-refractivity contribution is 5.99. The van der Waals surface area contributed by atoms with Crippen LogP contribution in [0.3, 0.4) is 0 Å². The quantitative estimate of drug-likeness (QED) is 0.498. The molecule has 1 atom stereocenters. The predicted octanol–water partition coefficient (Wildman–Crippen LogP) is 5.72. The second kappa shape index (κ2) is 10.6. The van der Waals surface area contributed by atoms with Crippen LogP contribution in [0.2, 0.25) is 0 Å². The summed E-state index contributed by atoms with van der Waals surface area (Å²) in [7, 11) is 0. The molecule has 3 heteroatoms. The van der Waals surface area contributed by atoms with Gasteiger partial charge in [0, 0.05) is 18.4 Å². The zero-order chi connectivity index (χ0) is 17.9. The van der Waals surface area contributed by atoms with Crippen molar-refractivity contribution in [3.05, 3.63) is 48.0 Å². The number of fused-ring (bicyclic) bond motifs is 1. The van der Waals surface area contributed by atoms with Crippen LogP contribution in [0.1, 0.15) is 63.2 Å². The molecule has 0 saturated heterocycles. The molecular weight excluding hydrogens is 300 g/mol. The van der Waals surface area contributed by atoms with Crippen molar-refractivity contribution in [3.63, 3.8) is 0 Å². The van der Waals surface area contributed by atoms with Crippen LogP contribution < -0.4 is 0 Å². The molecule has 0 aliphatic carbocycles. The van der Waals surface area contributed by atoms with Crippen molar-refractivity contribution in [1.29, 1.82) is 0 Å². The summed E-state index contributed by atoms with van der Waals surface area (Å²) in [5.41, 5.74) is 0.761. The molecule has 0 saturated carbocycles. The van der Waals surface area contributed by atoms with Crippen molar-refractivity contribution in [1.82, 2.24) is 0 Å². The predicted molar refractivity (Wildman–Crippen MR) is 99.5 cm³/mol. The summed E-state index contributed by atoms with van der Waals surface area (Å²) in [6, 6.07) is 13.8. The number of benzene rings is 2. The van der Waals surface area contributed by atoms with Gasteiger partial charge in [-0.15, -0.1) is 0 Å². The third-order valence-corrected chi connectivity index (χ3v) is 3.95. The molecule has 1 N–H and O–H groups in total. The Labute approximate surface area is 144 Å². The van der Waals surface area contributed by atoms with Gasteiger partial charge in [-0.25, -0.2) is 0 Å². The van der Waals surface area contributed by atoms with E-state index in [0.29, 0.717) is 6.42 Å². The maximum Gasteiger partial charge on any atom is 0.303 e. The van der Waals surface area contributed by atoms with Gasteiger partial charge in [-0.3, -0.25) is 9.59 Å². The summed E-state index contributed by atoms with van der Waals surface area (Å²) in [4.78, 5) is 22.8. The Kier molecular flexibility index (Phi) is 8.77. The number of hydrogen-bond donors (Lipinski definition) is 1. The lowest BCUT2D eigenvalue weighted by Gasteiger charge is -2.08. The number of hydrogen-bond acceptors (Lipinski definition) is 2. The number of aliphatic carboxylic acids is 1. The highest BCUT2D eigenvalue weighted by Crippen LogP contribution is 2.18. The first-order valence-electron chi connectivity index (χ1n) is 8.80. The monoisotopic (exact) mass is 328 g/mol. The molecule has 2 aromatic carbocycles. The molecule has 0 bridgehead atoms. The number of carbonyl (C=O) groups is 2. The lowest BCUT2D eigenvalue weighted by molar-refractivity contribution is -0.138. The maximum absolute atomic E-state index is 12.2. The minimum Gasteiger partial charge on any atom is -0.481 e. The van der Waals surface area contributed by atoms with Crippen molar-refractivity contribution in [2.75, 3.05) is 0 Å². The summed E-state index contributed by atoms with van der Waals surface area (Å²) in [5.74, 6) is -0.412. The van der Waals surface area contributed by atoms with Gasteiger partial charge < -0.3 is 5.11 Å². The molecule has 0 aromatic heterocycles. The Hall–Kier alpha value is -2.16. The number of rotatable bonds is 8. The van der Waals surface area contributed by atoms with Crippen molar-refractivity contribution in [2.24, 2.45) is 5.92 Å². The van der Waals surface area contributed by atoms with E-state index in [1.54, 1.807) is 0 Å². The standard InChI is InChI=1S/C19H22O3.C2H6/c1-14(12-19(21)22)6-2-5-9-18(20)17-11-10-15-7-3-4-8-16(15)13-17;1-2/h3-4,7-8,10-11,13-14H,2,5-6,9,12H2,1H3,(H,21,22);1-2H3. The van der Waals surface area contributed by atoms with Crippen molar-refractivity contribution in [3.8, 4) is 0 Å². The van der Waals surface area contributed by atoms with Crippen molar-refractivity contribution >= 4 is 22.5 Å². The number of ketones is 1. The minimum atomic E-state index is -0.750. The molecule has 3 nitrogen and oxygen atoms in total. The first-order chi connectivity index (χ1) is 11.6. The molecule has 0 fully saturated rings. The third kappa shape index (κ3) is 6.53. The Bertz CT molecular complexity index is 661. The van der Waals surface area contributed by atoms with E-state index in [2.05, 4.69) is 0 Å². The van der Waals surface area contributed by atoms with Gasteiger partial charge in [0.05, 0.1) is 0 Å². The maximum atomic E-state index is 12.2. The van der Waals surface area contributed by atoms with Crippen molar-refractivity contribution < 1.29 is 14.7 Å². The number of carbonyl (C=O) groups excluding carboxylic acids is 1. The van der Waals surface area contributed by atoms with Crippen molar-refractivity contribution in [2.45, 2.75) is 52.9 Å². The second-order valence-electron chi connectivity index (χ2n) is 5.93. The van der Waals surface area contributed by atoms with E-state index >= 15 is 0 Å². The van der Waals surface area contributed by atoms with Crippen LogP contribution in [0.5, 0.6) is 0 Å². The first kappa shape index (κ1) is 19.9. The van der Waals surface area contributed by atoms with Crippen LogP contribution >= 0.6 is 0 Å². The van der Waals surface area contributed by atoms with E-state index in [0.717, 1.165) is 35.6 Å². The molecule has 2 rings (SSSR count). The first-order valence-corrected chi connectivity index (χ1v) is 8.80. The molecule has 0 aliphatic heterocycles. The summed E-state index contributed by atoms with van der Waals surface area (Å²) >= 11 is 0. The lowest BCUT2D eigenvalue weighted by atomic mass is 9.97. The summed E-state index contributed by atoms with van der Waals surface area (Å²) in [6.45, 7) is 5.94. The highest BCUT2D eigenvalue weighted by atomic mass is 16.4. The average Bonchev–Trinajstić information content (AvgIpc) is 2.59. The van der Waals surface area contributed by atoms with Crippen LogP contribution in [0.25, 0.3) is 10.8 Å². The topological polar surface area (TPSA) is 54.4 Å². The fraction of sp³-hybridized carbons (Fsp3) is 0.429. The largest absolute Gasteiger partial charge is 0.481 e. The smallest absolute Gasteiger partial charge is 0.303 e. The Morgan fingerprint density at radius 2 is 1.67 bits per heavy atom. The summed E-state index contributed by atoms with van der Waals surface area (Å²) < 4.78 is 0. The average molecular weight is 328 g/mol. The zero-order valence-corrected chi connectivity index (χ0v) is 14.9. The molecule has 0 spiro atoms. The number of Topliss-reactive ketones (excluding diaryl/α,β-unsaturated/α-hetero) is 1. The molecule has 0 amide bonds. The van der Waals surface area contributed by atoms with Gasteiger partial charge >= 0.3 is 5.97 Å². The molecule has 2 aromatic rings. The molecule has 1 unspecified atom stereocenters. The second-order valence-corrected chi connectivity index (χ2v) is 5.93. The van der Waals surface area contributed by atoms with E-state index in [-0.39, 0.29) is 18.1 Å². The summed E-state index contributed by atoms with van der Waals surface area (Å²) in [6.07, 6.45) is 3.30. The van der Waals surface area contributed by atoms with Gasteiger partial charge in [0.15, 0.2) is 5.78 Å². The van der Waals surface area contributed by atoms with E-state index in [1.165, 1.54) is 0 Å². The third-order valence-electron chi connectivity index (χ3n) is 3.95. The Morgan fingerprint density at radius 1 is 1.00 bits per heavy atom. The van der Waals surface area contributed by atoms with E-state index in [9.17, 15) is 9.59 Å². The Balaban J connectivity index is 0.00000139. The minimum absolute atomic E-state index is 0.164. The fourth-order valence-corrected chi connectivity index (χ4v) is 2.69. The number of carboxylic acid groups (broad SMARTS) is 1. The summed E-state index contributed by atoms with van der Waals surface area (Å²) in [5, 5.41) is 10.9. The fourth-order valence-electron chi connectivity index (χ4n) is 2.69. The SMILES string of the molecule is CC.CC(CCCCC(=O)c1ccc2ccccc2c1)CC(=O)O. The van der Waals surface area contributed by atoms with Gasteiger partial charge in [0.25, 0.3) is 0 Å². The van der Waals surface area contributed by atoms with Gasteiger partial charge in [-0.1, -0.05) is 70.0 Å². The van der Waals surface area contributed by atoms with Crippen LogP contribution in [0.4, 0.5) is 0 Å². The highest BCUT2D eigenvalue weighted by Gasteiger charge is 2.09. The molecule has 24 heavy (non-hydrogen) atoms. The van der Waals surface area contributed by atoms with E-state index in [4.69, 9.17) is 5.11 Å². The number of unbranched alkanes of at least 4 members (excludes halogenated alkanes) is 1. The number of carboxylic acids is 1. The molecule has 0 aliphatic rings. The van der Waals surface area contributed by atoms with Crippen LogP contribution in [-0.4, -0.2) is 16.9 Å². The molecular formula is C21H28O3. The van der Waals surface area contributed by atoms with Crippen LogP contribution in [-0.2, 0) is 4.79 Å².